The van der Waals surface area contributed by atoms with Gasteiger partial charge in [-0.3, -0.25) is 0 Å². The first-order chi connectivity index (χ1) is 11.5. The Morgan fingerprint density at radius 3 is 2.64 bits per heavy atom. The molecule has 8 heteroatoms. The maximum absolute atomic E-state index is 5.25. The Kier molecular flexibility index (Phi) is 9.73. The number of benzene rings is 1. The highest BCUT2D eigenvalue weighted by Crippen LogP contribution is 2.25. The number of aliphatic imine (C=N–C) groups is 1. The minimum absolute atomic E-state index is 0. The van der Waals surface area contributed by atoms with Gasteiger partial charge in [0.05, 0.1) is 35.4 Å². The molecule has 0 aliphatic rings. The highest BCUT2D eigenvalue weighted by molar-refractivity contribution is 14.0. The number of hydrogen-bond acceptors (Lipinski definition) is 4. The van der Waals surface area contributed by atoms with E-state index in [0.717, 1.165) is 45.5 Å². The van der Waals surface area contributed by atoms with E-state index < -0.39 is 0 Å². The van der Waals surface area contributed by atoms with Gasteiger partial charge >= 0.3 is 0 Å². The Labute approximate surface area is 178 Å². The summed E-state index contributed by atoms with van der Waals surface area (Å²) in [5.74, 6) is 1.62. The Hall–Kier alpha value is -0.870. The summed E-state index contributed by atoms with van der Waals surface area (Å²) in [5, 5.41) is 7.74. The van der Waals surface area contributed by atoms with Crippen LogP contribution in [0, 0.1) is 13.8 Å². The van der Waals surface area contributed by atoms with Gasteiger partial charge in [-0.05, 0) is 54.4 Å². The maximum Gasteiger partial charge on any atom is 0.191 e. The first-order valence-electron chi connectivity index (χ1n) is 7.81. The van der Waals surface area contributed by atoms with Gasteiger partial charge in [0.2, 0.25) is 0 Å². The molecule has 25 heavy (non-hydrogen) atoms. The summed E-state index contributed by atoms with van der Waals surface area (Å²) in [6, 6.07) is 5.99. The van der Waals surface area contributed by atoms with Gasteiger partial charge in [0.15, 0.2) is 5.96 Å². The van der Waals surface area contributed by atoms with Crippen LogP contribution in [0.5, 0.6) is 5.75 Å². The van der Waals surface area contributed by atoms with E-state index in [4.69, 9.17) is 4.74 Å². The van der Waals surface area contributed by atoms with E-state index in [0.29, 0.717) is 6.54 Å². The van der Waals surface area contributed by atoms with Crippen LogP contribution in [0.15, 0.2) is 27.7 Å². The number of thiazole rings is 1. The van der Waals surface area contributed by atoms with Crippen LogP contribution >= 0.6 is 51.2 Å². The summed E-state index contributed by atoms with van der Waals surface area (Å²) in [5.41, 5.74) is 2.20. The van der Waals surface area contributed by atoms with Crippen molar-refractivity contribution in [1.82, 2.24) is 15.6 Å². The average Bonchev–Trinajstić information content (AvgIpc) is 2.88. The third kappa shape index (κ3) is 6.74. The van der Waals surface area contributed by atoms with Crippen molar-refractivity contribution in [2.45, 2.75) is 33.9 Å². The summed E-state index contributed by atoms with van der Waals surface area (Å²) in [6.45, 7) is 8.28. The van der Waals surface area contributed by atoms with Crippen LogP contribution < -0.4 is 15.4 Å². The van der Waals surface area contributed by atoms with Crippen LogP contribution in [-0.4, -0.2) is 24.6 Å². The number of halogens is 2. The molecule has 1 aromatic heterocycles. The molecular weight excluding hydrogens is 515 g/mol. The standard InChI is InChI=1S/C17H23BrN4OS.HI/c1-5-19-17(21-10-16-11(2)22-12(3)24-16)20-9-13-6-7-15(23-4)14(18)8-13;/h6-8H,5,9-10H2,1-4H3,(H2,19,20,21);1H. The number of aryl methyl sites for hydroxylation is 2. The molecule has 0 saturated carbocycles. The second kappa shape index (κ2) is 11.0. The number of ether oxygens (including phenoxy) is 1. The molecule has 0 aliphatic carbocycles. The first-order valence-corrected chi connectivity index (χ1v) is 9.42. The molecule has 1 aromatic carbocycles. The second-order valence-electron chi connectivity index (χ2n) is 5.26. The van der Waals surface area contributed by atoms with E-state index in [1.165, 1.54) is 4.88 Å². The van der Waals surface area contributed by atoms with Crippen LogP contribution in [0.2, 0.25) is 0 Å². The Morgan fingerprint density at radius 2 is 2.08 bits per heavy atom. The van der Waals surface area contributed by atoms with Crippen molar-refractivity contribution in [3.63, 3.8) is 0 Å². The van der Waals surface area contributed by atoms with Crippen LogP contribution in [0.4, 0.5) is 0 Å². The highest BCUT2D eigenvalue weighted by Gasteiger charge is 2.06. The van der Waals surface area contributed by atoms with Crippen molar-refractivity contribution in [3.05, 3.63) is 43.8 Å². The molecule has 0 amide bonds. The van der Waals surface area contributed by atoms with Crippen LogP contribution in [-0.2, 0) is 13.1 Å². The predicted octanol–water partition coefficient (Wildman–Crippen LogP) is 4.40. The number of nitrogens with zero attached hydrogens (tertiary/aromatic N) is 2. The van der Waals surface area contributed by atoms with E-state index in [-0.39, 0.29) is 24.0 Å². The third-order valence-electron chi connectivity index (χ3n) is 3.40. The molecule has 0 saturated heterocycles. The number of nitrogens with one attached hydrogen (secondary N) is 2. The molecule has 0 spiro atoms. The fourth-order valence-electron chi connectivity index (χ4n) is 2.22. The topological polar surface area (TPSA) is 58.5 Å². The van der Waals surface area contributed by atoms with Crippen molar-refractivity contribution < 1.29 is 4.74 Å². The van der Waals surface area contributed by atoms with Crippen molar-refractivity contribution in [3.8, 4) is 5.75 Å². The third-order valence-corrected chi connectivity index (χ3v) is 5.09. The lowest BCUT2D eigenvalue weighted by molar-refractivity contribution is 0.412. The van der Waals surface area contributed by atoms with Crippen molar-refractivity contribution in [1.29, 1.82) is 0 Å². The summed E-state index contributed by atoms with van der Waals surface area (Å²) in [6.07, 6.45) is 0. The monoisotopic (exact) mass is 538 g/mol. The van der Waals surface area contributed by atoms with E-state index in [9.17, 15) is 0 Å². The first kappa shape index (κ1) is 22.2. The quantitative estimate of drug-likeness (QED) is 0.325. The number of rotatable bonds is 6. The zero-order chi connectivity index (χ0) is 17.5. The summed E-state index contributed by atoms with van der Waals surface area (Å²) < 4.78 is 6.19. The van der Waals surface area contributed by atoms with E-state index in [2.05, 4.69) is 43.5 Å². The zero-order valence-corrected chi connectivity index (χ0v) is 19.6. The van der Waals surface area contributed by atoms with Gasteiger partial charge in [0, 0.05) is 11.4 Å². The zero-order valence-electron chi connectivity index (χ0n) is 14.9. The Balaban J connectivity index is 0.00000312. The molecule has 2 aromatic rings. The lowest BCUT2D eigenvalue weighted by Crippen LogP contribution is -2.36. The molecule has 2 rings (SSSR count). The van der Waals surface area contributed by atoms with E-state index in [1.807, 2.05) is 32.0 Å². The molecule has 0 fully saturated rings. The van der Waals surface area contributed by atoms with Gasteiger partial charge in [0.25, 0.3) is 0 Å². The van der Waals surface area contributed by atoms with Gasteiger partial charge in [-0.1, -0.05) is 6.07 Å². The molecule has 0 unspecified atom stereocenters. The lowest BCUT2D eigenvalue weighted by atomic mass is 10.2. The Morgan fingerprint density at radius 1 is 1.32 bits per heavy atom. The number of aromatic nitrogens is 1. The fourth-order valence-corrected chi connectivity index (χ4v) is 3.69. The molecule has 0 aliphatic heterocycles. The Bertz CT molecular complexity index is 721. The molecule has 5 nitrogen and oxygen atoms in total. The SMILES string of the molecule is CCNC(=NCc1ccc(OC)c(Br)c1)NCc1sc(C)nc1C.I. The molecule has 138 valence electrons. The molecule has 2 N–H and O–H groups in total. The van der Waals surface area contributed by atoms with Crippen LogP contribution in [0.25, 0.3) is 0 Å². The average molecular weight is 539 g/mol. The van der Waals surface area contributed by atoms with Crippen LogP contribution in [0.3, 0.4) is 0 Å². The predicted molar refractivity (Wildman–Crippen MR) is 119 cm³/mol. The molecule has 0 atom stereocenters. The highest BCUT2D eigenvalue weighted by atomic mass is 127. The van der Waals surface area contributed by atoms with Gasteiger partial charge in [-0.2, -0.15) is 0 Å². The summed E-state index contributed by atoms with van der Waals surface area (Å²) in [4.78, 5) is 10.3. The number of hydrogen-bond donors (Lipinski definition) is 2. The maximum atomic E-state index is 5.25. The van der Waals surface area contributed by atoms with Gasteiger partial charge in [-0.25, -0.2) is 9.98 Å². The second-order valence-corrected chi connectivity index (χ2v) is 7.40. The lowest BCUT2D eigenvalue weighted by Gasteiger charge is -2.11. The smallest absolute Gasteiger partial charge is 0.191 e. The minimum atomic E-state index is 0. The molecular formula is C17H24BrIN4OS. The minimum Gasteiger partial charge on any atom is -0.496 e. The largest absolute Gasteiger partial charge is 0.496 e. The van der Waals surface area contributed by atoms with E-state index in [1.54, 1.807) is 18.4 Å². The fraction of sp³-hybridized carbons (Fsp3) is 0.412. The normalized spacial score (nSPS) is 11.0. The summed E-state index contributed by atoms with van der Waals surface area (Å²) in [7, 11) is 1.66. The van der Waals surface area contributed by atoms with Crippen LogP contribution in [0.1, 0.15) is 28.1 Å². The van der Waals surface area contributed by atoms with Gasteiger partial charge < -0.3 is 15.4 Å². The number of methoxy groups -OCH3 is 1. The molecule has 0 radical (unpaired) electrons. The molecule has 1 heterocycles. The molecule has 0 bridgehead atoms. The van der Waals surface area contributed by atoms with Crippen molar-refractivity contribution >= 4 is 57.2 Å². The van der Waals surface area contributed by atoms with Crippen molar-refractivity contribution in [2.24, 2.45) is 4.99 Å². The van der Waals surface area contributed by atoms with Gasteiger partial charge in [-0.15, -0.1) is 35.3 Å². The van der Waals surface area contributed by atoms with Crippen molar-refractivity contribution in [2.75, 3.05) is 13.7 Å². The van der Waals surface area contributed by atoms with Gasteiger partial charge in [0.1, 0.15) is 5.75 Å². The number of guanidine groups is 1. The summed E-state index contributed by atoms with van der Waals surface area (Å²) >= 11 is 5.22. The van der Waals surface area contributed by atoms with E-state index >= 15 is 0 Å².